The molecular weight excluding hydrogens is 455 g/mol. The number of benzene rings is 3. The standard InChI is InChI=1S/C22H14ClF5N2O2/c1-30(21(32)29-20(31)19-17(24)3-2-4-18(19)25)14-9-10-15(16(11-14)22(26,27)28)12-5-7-13(23)8-6-12/h2-11H,1H3,(H,29,31,32). The van der Waals surface area contributed by atoms with Crippen LogP contribution in [0.1, 0.15) is 15.9 Å². The van der Waals surface area contributed by atoms with E-state index in [1.54, 1.807) is 5.32 Å². The van der Waals surface area contributed by atoms with Crippen molar-refractivity contribution in [3.8, 4) is 11.1 Å². The molecule has 0 spiro atoms. The van der Waals surface area contributed by atoms with Gasteiger partial charge in [0.1, 0.15) is 17.2 Å². The minimum absolute atomic E-state index is 0.142. The van der Waals surface area contributed by atoms with Crippen LogP contribution in [-0.4, -0.2) is 19.0 Å². The largest absolute Gasteiger partial charge is 0.417 e. The van der Waals surface area contributed by atoms with Crippen molar-refractivity contribution < 1.29 is 31.5 Å². The van der Waals surface area contributed by atoms with Gasteiger partial charge in [0.2, 0.25) is 0 Å². The van der Waals surface area contributed by atoms with E-state index in [9.17, 15) is 31.5 Å². The van der Waals surface area contributed by atoms with Crippen LogP contribution < -0.4 is 10.2 Å². The van der Waals surface area contributed by atoms with Gasteiger partial charge in [-0.15, -0.1) is 0 Å². The number of nitrogens with zero attached hydrogens (tertiary/aromatic N) is 1. The molecule has 3 aromatic carbocycles. The molecule has 0 aliphatic heterocycles. The molecule has 3 amide bonds. The van der Waals surface area contributed by atoms with Crippen LogP contribution in [0, 0.1) is 11.6 Å². The predicted molar refractivity (Wildman–Crippen MR) is 110 cm³/mol. The maximum atomic E-state index is 13.7. The summed E-state index contributed by atoms with van der Waals surface area (Å²) in [5.74, 6) is -3.75. The Bertz CT molecular complexity index is 1160. The fourth-order valence-electron chi connectivity index (χ4n) is 2.93. The lowest BCUT2D eigenvalue weighted by Gasteiger charge is -2.21. The lowest BCUT2D eigenvalue weighted by atomic mass is 9.98. The minimum Gasteiger partial charge on any atom is -0.297 e. The molecule has 3 rings (SSSR count). The highest BCUT2D eigenvalue weighted by Crippen LogP contribution is 2.39. The van der Waals surface area contributed by atoms with Crippen molar-refractivity contribution in [3.05, 3.63) is 88.4 Å². The van der Waals surface area contributed by atoms with Crippen molar-refractivity contribution in [3.63, 3.8) is 0 Å². The molecule has 0 fully saturated rings. The smallest absolute Gasteiger partial charge is 0.297 e. The highest BCUT2D eigenvalue weighted by atomic mass is 35.5. The molecule has 0 aliphatic rings. The molecule has 0 atom stereocenters. The maximum Gasteiger partial charge on any atom is 0.417 e. The number of urea groups is 1. The van der Waals surface area contributed by atoms with Gasteiger partial charge in [-0.1, -0.05) is 35.9 Å². The van der Waals surface area contributed by atoms with Gasteiger partial charge in [0.25, 0.3) is 5.91 Å². The van der Waals surface area contributed by atoms with Gasteiger partial charge in [-0.25, -0.2) is 13.6 Å². The number of carbonyl (C=O) groups excluding carboxylic acids is 2. The molecule has 10 heteroatoms. The van der Waals surface area contributed by atoms with E-state index < -0.39 is 40.9 Å². The molecule has 3 aromatic rings. The van der Waals surface area contributed by atoms with E-state index in [-0.39, 0.29) is 16.8 Å². The van der Waals surface area contributed by atoms with E-state index in [1.165, 1.54) is 36.4 Å². The summed E-state index contributed by atoms with van der Waals surface area (Å²) in [5.41, 5.74) is -2.09. The Labute approximate surface area is 184 Å². The van der Waals surface area contributed by atoms with Gasteiger partial charge in [0.15, 0.2) is 0 Å². The molecule has 0 unspecified atom stereocenters. The number of halogens is 6. The van der Waals surface area contributed by atoms with Crippen molar-refractivity contribution in [2.24, 2.45) is 0 Å². The van der Waals surface area contributed by atoms with E-state index >= 15 is 0 Å². The van der Waals surface area contributed by atoms with Gasteiger partial charge in [-0.05, 0) is 47.5 Å². The first-order valence-corrected chi connectivity index (χ1v) is 9.37. The van der Waals surface area contributed by atoms with Gasteiger partial charge in [-0.3, -0.25) is 15.0 Å². The van der Waals surface area contributed by atoms with Crippen molar-refractivity contribution >= 4 is 29.2 Å². The van der Waals surface area contributed by atoms with E-state index in [1.807, 2.05) is 0 Å². The average Bonchev–Trinajstić information content (AvgIpc) is 2.72. The van der Waals surface area contributed by atoms with Crippen LogP contribution in [0.2, 0.25) is 5.02 Å². The second-order valence-corrected chi connectivity index (χ2v) is 7.09. The Balaban J connectivity index is 1.91. The molecule has 0 saturated heterocycles. The lowest BCUT2D eigenvalue weighted by Crippen LogP contribution is -2.41. The summed E-state index contributed by atoms with van der Waals surface area (Å²) in [6, 6.07) is 10.4. The fraction of sp³-hybridized carbons (Fsp3) is 0.0909. The topological polar surface area (TPSA) is 49.4 Å². The molecule has 32 heavy (non-hydrogen) atoms. The van der Waals surface area contributed by atoms with Crippen molar-refractivity contribution in [1.82, 2.24) is 5.32 Å². The maximum absolute atomic E-state index is 13.7. The zero-order chi connectivity index (χ0) is 23.6. The van der Waals surface area contributed by atoms with Gasteiger partial charge in [-0.2, -0.15) is 13.2 Å². The van der Waals surface area contributed by atoms with E-state index in [2.05, 4.69) is 0 Å². The van der Waals surface area contributed by atoms with Crippen LogP contribution in [0.25, 0.3) is 11.1 Å². The summed E-state index contributed by atoms with van der Waals surface area (Å²) >= 11 is 5.79. The van der Waals surface area contributed by atoms with Crippen LogP contribution in [0.3, 0.4) is 0 Å². The number of hydrogen-bond donors (Lipinski definition) is 1. The van der Waals surface area contributed by atoms with Crippen LogP contribution in [0.4, 0.5) is 32.4 Å². The number of nitrogens with one attached hydrogen (secondary N) is 1. The Morgan fingerprint density at radius 3 is 2.09 bits per heavy atom. The third-order valence-electron chi connectivity index (χ3n) is 4.57. The van der Waals surface area contributed by atoms with E-state index in [0.29, 0.717) is 5.02 Å². The number of alkyl halides is 3. The van der Waals surface area contributed by atoms with Crippen molar-refractivity contribution in [2.45, 2.75) is 6.18 Å². The molecule has 0 aliphatic carbocycles. The van der Waals surface area contributed by atoms with Crippen molar-refractivity contribution in [2.75, 3.05) is 11.9 Å². The Morgan fingerprint density at radius 2 is 1.53 bits per heavy atom. The molecule has 4 nitrogen and oxygen atoms in total. The summed E-state index contributed by atoms with van der Waals surface area (Å²) < 4.78 is 68.5. The zero-order valence-electron chi connectivity index (χ0n) is 16.3. The summed E-state index contributed by atoms with van der Waals surface area (Å²) in [6.45, 7) is 0. The normalized spacial score (nSPS) is 11.2. The average molecular weight is 469 g/mol. The Morgan fingerprint density at radius 1 is 0.938 bits per heavy atom. The number of rotatable bonds is 3. The quantitative estimate of drug-likeness (QED) is 0.459. The molecule has 0 bridgehead atoms. The summed E-state index contributed by atoms with van der Waals surface area (Å²) in [5, 5.41) is 2.11. The SMILES string of the molecule is CN(C(=O)NC(=O)c1c(F)cccc1F)c1ccc(-c2ccc(Cl)cc2)c(C(F)(F)F)c1. The highest BCUT2D eigenvalue weighted by Gasteiger charge is 2.34. The van der Waals surface area contributed by atoms with Gasteiger partial charge in [0, 0.05) is 17.8 Å². The summed E-state index contributed by atoms with van der Waals surface area (Å²) in [4.78, 5) is 25.2. The molecule has 0 heterocycles. The first-order chi connectivity index (χ1) is 15.0. The van der Waals surface area contributed by atoms with E-state index in [4.69, 9.17) is 11.6 Å². The molecule has 1 N–H and O–H groups in total. The van der Waals surface area contributed by atoms with Crippen molar-refractivity contribution in [1.29, 1.82) is 0 Å². The van der Waals surface area contributed by atoms with Gasteiger partial charge >= 0.3 is 12.2 Å². The lowest BCUT2D eigenvalue weighted by molar-refractivity contribution is -0.137. The van der Waals surface area contributed by atoms with Crippen LogP contribution in [-0.2, 0) is 6.18 Å². The number of carbonyl (C=O) groups is 2. The third-order valence-corrected chi connectivity index (χ3v) is 4.82. The zero-order valence-corrected chi connectivity index (χ0v) is 17.1. The number of anilines is 1. The molecule has 0 saturated carbocycles. The Kier molecular flexibility index (Phi) is 6.50. The van der Waals surface area contributed by atoms with Crippen LogP contribution in [0.5, 0.6) is 0 Å². The number of imide groups is 1. The molecule has 166 valence electrons. The highest BCUT2D eigenvalue weighted by molar-refractivity contribution is 6.30. The minimum atomic E-state index is -4.76. The Hall–Kier alpha value is -3.46. The fourth-order valence-corrected chi connectivity index (χ4v) is 3.06. The number of hydrogen-bond acceptors (Lipinski definition) is 2. The molecule has 0 aromatic heterocycles. The van der Waals surface area contributed by atoms with Crippen LogP contribution >= 0.6 is 11.6 Å². The summed E-state index contributed by atoms with van der Waals surface area (Å²) in [7, 11) is 1.11. The molecular formula is C22H14ClF5N2O2. The monoisotopic (exact) mass is 468 g/mol. The second-order valence-electron chi connectivity index (χ2n) is 6.65. The van der Waals surface area contributed by atoms with Crippen LogP contribution in [0.15, 0.2) is 60.7 Å². The van der Waals surface area contributed by atoms with E-state index in [0.717, 1.165) is 36.2 Å². The number of amides is 3. The molecule has 0 radical (unpaired) electrons. The first kappa shape index (κ1) is 23.2. The first-order valence-electron chi connectivity index (χ1n) is 8.99. The third kappa shape index (κ3) is 4.88. The second kappa shape index (κ2) is 8.96. The summed E-state index contributed by atoms with van der Waals surface area (Å²) in [6.07, 6.45) is -4.76. The predicted octanol–water partition coefficient (Wildman–Crippen LogP) is 6.29. The van der Waals surface area contributed by atoms with Gasteiger partial charge < -0.3 is 0 Å². The van der Waals surface area contributed by atoms with Gasteiger partial charge in [0.05, 0.1) is 5.56 Å².